The molecule has 0 saturated carbocycles. The van der Waals surface area contributed by atoms with Crippen molar-refractivity contribution in [2.45, 2.75) is 41.5 Å². The molecule has 0 spiro atoms. The van der Waals surface area contributed by atoms with Gasteiger partial charge in [-0.15, -0.1) is 0 Å². The summed E-state index contributed by atoms with van der Waals surface area (Å²) in [6, 6.07) is 13.1. The lowest BCUT2D eigenvalue weighted by Gasteiger charge is -2.21. The minimum atomic E-state index is 0.797. The number of nitrogens with one attached hydrogen (secondary N) is 2. The summed E-state index contributed by atoms with van der Waals surface area (Å²) in [5, 5.41) is 4.61. The van der Waals surface area contributed by atoms with Gasteiger partial charge in [-0.05, 0) is 116 Å². The number of benzene rings is 2. The van der Waals surface area contributed by atoms with Crippen molar-refractivity contribution in [1.82, 2.24) is 9.97 Å². The third-order valence-corrected chi connectivity index (χ3v) is 6.31. The second kappa shape index (κ2) is 8.43. The van der Waals surface area contributed by atoms with E-state index in [1.807, 2.05) is 12.4 Å². The van der Waals surface area contributed by atoms with Crippen LogP contribution in [0.5, 0.6) is 0 Å². The quantitative estimate of drug-likeness (QED) is 0.335. The van der Waals surface area contributed by atoms with Crippen LogP contribution in [0.15, 0.2) is 60.4 Å². The molecular formula is C28H31N3. The van der Waals surface area contributed by atoms with E-state index < -0.39 is 0 Å². The summed E-state index contributed by atoms with van der Waals surface area (Å²) in [5.41, 5.74) is 12.9. The lowest BCUT2D eigenvalue weighted by molar-refractivity contribution is 1.20. The zero-order valence-electron chi connectivity index (χ0n) is 19.4. The van der Waals surface area contributed by atoms with Crippen molar-refractivity contribution < 1.29 is 0 Å². The smallest absolute Gasteiger partial charge is 0.126 e. The lowest BCUT2D eigenvalue weighted by atomic mass is 9.83. The van der Waals surface area contributed by atoms with Crippen LogP contribution in [0.25, 0.3) is 33.2 Å². The Labute approximate surface area is 185 Å². The number of hydrogen-bond donors (Lipinski definition) is 2. The lowest BCUT2D eigenvalue weighted by Crippen LogP contribution is -2.02. The number of anilines is 1. The molecule has 3 nitrogen and oxygen atoms in total. The first kappa shape index (κ1) is 20.9. The fraction of sp³-hybridized carbons (Fsp3) is 0.250. The maximum atomic E-state index is 4.66. The van der Waals surface area contributed by atoms with Gasteiger partial charge in [0.2, 0.25) is 0 Å². The Morgan fingerprint density at radius 2 is 1.52 bits per heavy atom. The Hall–Kier alpha value is -3.33. The highest BCUT2D eigenvalue weighted by Gasteiger charge is 2.17. The van der Waals surface area contributed by atoms with Crippen LogP contribution in [0.2, 0.25) is 0 Å². The Morgan fingerprint density at radius 1 is 0.871 bits per heavy atom. The van der Waals surface area contributed by atoms with Gasteiger partial charge >= 0.3 is 0 Å². The standard InChI is InChI=1S/C28H31N3/c1-17(2)11-13-30-26-10-8-24(16-31-26)28-20(5)18(3)27(19(4)21(28)6)23-7-9-25-22(15-23)12-14-29-25/h7-12,14-16,29H,13H2,1-6H3,(H,30,31). The highest BCUT2D eigenvalue weighted by Crippen LogP contribution is 2.39. The van der Waals surface area contributed by atoms with Crippen molar-refractivity contribution in [3.8, 4) is 22.3 Å². The zero-order valence-corrected chi connectivity index (χ0v) is 19.4. The molecule has 2 aromatic heterocycles. The number of allylic oxidation sites excluding steroid dienone is 1. The van der Waals surface area contributed by atoms with Gasteiger partial charge in [0.25, 0.3) is 0 Å². The van der Waals surface area contributed by atoms with Crippen LogP contribution < -0.4 is 5.32 Å². The molecule has 2 heterocycles. The molecule has 0 aliphatic rings. The summed E-state index contributed by atoms with van der Waals surface area (Å²) < 4.78 is 0. The van der Waals surface area contributed by atoms with Gasteiger partial charge in [-0.25, -0.2) is 4.98 Å². The molecular weight excluding hydrogens is 378 g/mol. The van der Waals surface area contributed by atoms with Crippen LogP contribution in [0.4, 0.5) is 5.82 Å². The van der Waals surface area contributed by atoms with Crippen LogP contribution in [-0.2, 0) is 0 Å². The predicted molar refractivity (Wildman–Crippen MR) is 134 cm³/mol. The van der Waals surface area contributed by atoms with Gasteiger partial charge in [0.15, 0.2) is 0 Å². The van der Waals surface area contributed by atoms with Crippen molar-refractivity contribution in [2.75, 3.05) is 11.9 Å². The summed E-state index contributed by atoms with van der Waals surface area (Å²) in [6.45, 7) is 14.0. The summed E-state index contributed by atoms with van der Waals surface area (Å²) in [7, 11) is 0. The molecule has 0 fully saturated rings. The first-order valence-electron chi connectivity index (χ1n) is 10.9. The number of H-pyrrole nitrogens is 1. The SMILES string of the molecule is CC(C)=CCNc1ccc(-c2c(C)c(C)c(-c3ccc4[nH]ccc4c3)c(C)c2C)cn1. The predicted octanol–water partition coefficient (Wildman–Crippen LogP) is 7.51. The summed E-state index contributed by atoms with van der Waals surface area (Å²) in [5.74, 6) is 0.904. The molecule has 0 unspecified atom stereocenters. The first-order valence-corrected chi connectivity index (χ1v) is 10.9. The van der Waals surface area contributed by atoms with Crippen LogP contribution in [0.3, 0.4) is 0 Å². The second-order valence-electron chi connectivity index (χ2n) is 8.62. The molecule has 0 amide bonds. The average Bonchev–Trinajstić information content (AvgIpc) is 3.21. The highest BCUT2D eigenvalue weighted by molar-refractivity contribution is 5.89. The van der Waals surface area contributed by atoms with Crippen LogP contribution in [0, 0.1) is 27.7 Å². The highest BCUT2D eigenvalue weighted by atomic mass is 15.0. The zero-order chi connectivity index (χ0) is 22.1. The summed E-state index contributed by atoms with van der Waals surface area (Å²) >= 11 is 0. The molecule has 2 aromatic carbocycles. The minimum absolute atomic E-state index is 0.797. The number of rotatable bonds is 5. The number of fused-ring (bicyclic) bond motifs is 1. The fourth-order valence-electron chi connectivity index (χ4n) is 4.39. The molecule has 0 aliphatic heterocycles. The second-order valence-corrected chi connectivity index (χ2v) is 8.62. The molecule has 4 rings (SSSR count). The Morgan fingerprint density at radius 3 is 2.13 bits per heavy atom. The van der Waals surface area contributed by atoms with Gasteiger partial charge < -0.3 is 10.3 Å². The van der Waals surface area contributed by atoms with Gasteiger partial charge in [-0.2, -0.15) is 0 Å². The maximum absolute atomic E-state index is 4.66. The number of pyridine rings is 1. The average molecular weight is 410 g/mol. The molecule has 4 aromatic rings. The van der Waals surface area contributed by atoms with Crippen molar-refractivity contribution in [2.24, 2.45) is 0 Å². The van der Waals surface area contributed by atoms with Gasteiger partial charge in [-0.3, -0.25) is 0 Å². The van der Waals surface area contributed by atoms with E-state index in [1.165, 1.54) is 61.0 Å². The van der Waals surface area contributed by atoms with E-state index in [0.29, 0.717) is 0 Å². The Bertz CT molecular complexity index is 1240. The molecule has 0 radical (unpaired) electrons. The van der Waals surface area contributed by atoms with Gasteiger partial charge in [0.1, 0.15) is 5.82 Å². The normalized spacial score (nSPS) is 11.0. The van der Waals surface area contributed by atoms with Crippen molar-refractivity contribution in [1.29, 1.82) is 0 Å². The van der Waals surface area contributed by atoms with E-state index >= 15 is 0 Å². The van der Waals surface area contributed by atoms with Crippen molar-refractivity contribution >= 4 is 16.7 Å². The fourth-order valence-corrected chi connectivity index (χ4v) is 4.39. The molecule has 0 saturated heterocycles. The number of hydrogen-bond acceptors (Lipinski definition) is 2. The summed E-state index contributed by atoms with van der Waals surface area (Å²) in [6.07, 6.45) is 6.16. The van der Waals surface area contributed by atoms with Crippen molar-refractivity contribution in [3.63, 3.8) is 0 Å². The van der Waals surface area contributed by atoms with Crippen LogP contribution >= 0.6 is 0 Å². The van der Waals surface area contributed by atoms with E-state index in [0.717, 1.165) is 12.4 Å². The Balaban J connectivity index is 1.74. The molecule has 0 atom stereocenters. The number of aromatic nitrogens is 2. The topological polar surface area (TPSA) is 40.7 Å². The molecule has 0 bridgehead atoms. The van der Waals surface area contributed by atoms with E-state index in [-0.39, 0.29) is 0 Å². The molecule has 3 heteroatoms. The molecule has 2 N–H and O–H groups in total. The first-order chi connectivity index (χ1) is 14.9. The van der Waals surface area contributed by atoms with Crippen molar-refractivity contribution in [3.05, 3.63) is 82.7 Å². The third kappa shape index (κ3) is 4.00. The van der Waals surface area contributed by atoms with E-state index in [4.69, 9.17) is 0 Å². The molecule has 0 aliphatic carbocycles. The third-order valence-electron chi connectivity index (χ3n) is 6.31. The monoisotopic (exact) mass is 409 g/mol. The van der Waals surface area contributed by atoms with E-state index in [9.17, 15) is 0 Å². The van der Waals surface area contributed by atoms with Crippen LogP contribution in [-0.4, -0.2) is 16.5 Å². The van der Waals surface area contributed by atoms with Gasteiger partial charge in [0.05, 0.1) is 0 Å². The molecule has 158 valence electrons. The summed E-state index contributed by atoms with van der Waals surface area (Å²) in [4.78, 5) is 7.95. The largest absolute Gasteiger partial charge is 0.367 e. The number of aromatic amines is 1. The number of nitrogens with zero attached hydrogens (tertiary/aromatic N) is 1. The minimum Gasteiger partial charge on any atom is -0.367 e. The van der Waals surface area contributed by atoms with E-state index in [2.05, 4.69) is 99.3 Å². The van der Waals surface area contributed by atoms with Crippen LogP contribution in [0.1, 0.15) is 36.1 Å². The van der Waals surface area contributed by atoms with Gasteiger partial charge in [-0.1, -0.05) is 17.7 Å². The van der Waals surface area contributed by atoms with E-state index in [1.54, 1.807) is 0 Å². The molecule has 31 heavy (non-hydrogen) atoms. The Kier molecular flexibility index (Phi) is 5.69. The maximum Gasteiger partial charge on any atom is 0.126 e. The van der Waals surface area contributed by atoms with Gasteiger partial charge in [0, 0.05) is 30.0 Å².